The van der Waals surface area contributed by atoms with Gasteiger partial charge in [0.05, 0.1) is 36.9 Å². The maximum absolute atomic E-state index is 12.2. The predicted molar refractivity (Wildman–Crippen MR) is 103 cm³/mol. The maximum Gasteiger partial charge on any atom is 0.275 e. The van der Waals surface area contributed by atoms with Crippen molar-refractivity contribution in [2.75, 3.05) is 37.6 Å². The standard InChI is InChI=1S/C19H21Cl2N3O/c20-16-5-3-4-15(12-16)13-22-19(25)14-23-8-10-24(11-9-23)18-7-2-1-6-17(18)21/h1-7,12H,8-11,13-14H2,(H,22,25)/p+1. The number of para-hydroxylation sites is 1. The van der Waals surface area contributed by atoms with Gasteiger partial charge in [-0.25, -0.2) is 0 Å². The van der Waals surface area contributed by atoms with E-state index in [-0.39, 0.29) is 5.91 Å². The summed E-state index contributed by atoms with van der Waals surface area (Å²) in [6, 6.07) is 15.5. The van der Waals surface area contributed by atoms with Gasteiger partial charge in [-0.1, -0.05) is 47.5 Å². The van der Waals surface area contributed by atoms with Crippen LogP contribution in [0, 0.1) is 0 Å². The fourth-order valence-electron chi connectivity index (χ4n) is 3.09. The first-order chi connectivity index (χ1) is 12.1. The van der Waals surface area contributed by atoms with Crippen LogP contribution >= 0.6 is 23.2 Å². The first-order valence-electron chi connectivity index (χ1n) is 8.46. The largest absolute Gasteiger partial charge is 0.359 e. The van der Waals surface area contributed by atoms with Gasteiger partial charge in [0.25, 0.3) is 5.91 Å². The Bertz CT molecular complexity index is 730. The van der Waals surface area contributed by atoms with Gasteiger partial charge in [-0.15, -0.1) is 0 Å². The van der Waals surface area contributed by atoms with E-state index < -0.39 is 0 Å². The molecule has 2 N–H and O–H groups in total. The van der Waals surface area contributed by atoms with Gasteiger partial charge in [0, 0.05) is 11.6 Å². The van der Waals surface area contributed by atoms with Gasteiger partial charge in [-0.3, -0.25) is 4.79 Å². The van der Waals surface area contributed by atoms with E-state index in [1.54, 1.807) is 0 Å². The van der Waals surface area contributed by atoms with E-state index in [9.17, 15) is 4.79 Å². The number of carbonyl (C=O) groups is 1. The molecule has 25 heavy (non-hydrogen) atoms. The summed E-state index contributed by atoms with van der Waals surface area (Å²) in [7, 11) is 0. The zero-order valence-electron chi connectivity index (χ0n) is 14.0. The Balaban J connectivity index is 1.44. The van der Waals surface area contributed by atoms with Crippen molar-refractivity contribution in [2.45, 2.75) is 6.54 Å². The van der Waals surface area contributed by atoms with Gasteiger partial charge >= 0.3 is 0 Å². The third-order valence-electron chi connectivity index (χ3n) is 4.45. The highest BCUT2D eigenvalue weighted by atomic mass is 35.5. The summed E-state index contributed by atoms with van der Waals surface area (Å²) in [6.07, 6.45) is 0. The Hall–Kier alpha value is -1.75. The van der Waals surface area contributed by atoms with E-state index >= 15 is 0 Å². The second-order valence-corrected chi connectivity index (χ2v) is 7.12. The van der Waals surface area contributed by atoms with Crippen LogP contribution in [0.1, 0.15) is 5.56 Å². The summed E-state index contributed by atoms with van der Waals surface area (Å²) in [5.41, 5.74) is 2.09. The molecule has 0 bridgehead atoms. The van der Waals surface area contributed by atoms with Crippen LogP contribution in [-0.2, 0) is 11.3 Å². The second-order valence-electron chi connectivity index (χ2n) is 6.27. The third-order valence-corrected chi connectivity index (χ3v) is 5.01. The summed E-state index contributed by atoms with van der Waals surface area (Å²) in [5, 5.41) is 4.44. The van der Waals surface area contributed by atoms with Crippen molar-refractivity contribution in [1.82, 2.24) is 5.32 Å². The van der Waals surface area contributed by atoms with E-state index in [1.807, 2.05) is 48.5 Å². The topological polar surface area (TPSA) is 36.8 Å². The van der Waals surface area contributed by atoms with Crippen LogP contribution in [0.3, 0.4) is 0 Å². The molecule has 132 valence electrons. The lowest BCUT2D eigenvalue weighted by atomic mass is 10.2. The lowest BCUT2D eigenvalue weighted by molar-refractivity contribution is -0.892. The monoisotopic (exact) mass is 378 g/mol. The molecule has 0 saturated carbocycles. The van der Waals surface area contributed by atoms with Crippen molar-refractivity contribution in [2.24, 2.45) is 0 Å². The fourth-order valence-corrected chi connectivity index (χ4v) is 3.55. The van der Waals surface area contributed by atoms with Gasteiger partial charge in [0.15, 0.2) is 6.54 Å². The quantitative estimate of drug-likeness (QED) is 0.834. The average molecular weight is 379 g/mol. The molecule has 1 amide bonds. The van der Waals surface area contributed by atoms with Crippen LogP contribution in [0.2, 0.25) is 10.0 Å². The maximum atomic E-state index is 12.2. The van der Waals surface area contributed by atoms with Crippen LogP contribution in [0.5, 0.6) is 0 Å². The summed E-state index contributed by atoms with van der Waals surface area (Å²) < 4.78 is 0. The molecule has 1 saturated heterocycles. The van der Waals surface area contributed by atoms with Crippen LogP contribution in [0.15, 0.2) is 48.5 Å². The number of hydrogen-bond acceptors (Lipinski definition) is 2. The molecular weight excluding hydrogens is 357 g/mol. The van der Waals surface area contributed by atoms with Crippen molar-refractivity contribution >= 4 is 34.8 Å². The molecule has 1 aliphatic rings. The molecule has 2 aromatic rings. The van der Waals surface area contributed by atoms with Gasteiger partial charge < -0.3 is 15.1 Å². The number of nitrogens with one attached hydrogen (secondary N) is 2. The number of benzene rings is 2. The summed E-state index contributed by atoms with van der Waals surface area (Å²) in [6.45, 7) is 4.67. The number of halogens is 2. The number of hydrogen-bond donors (Lipinski definition) is 2. The summed E-state index contributed by atoms with van der Waals surface area (Å²) >= 11 is 12.2. The molecule has 6 heteroatoms. The Labute approximate surface area is 158 Å². The Morgan fingerprint density at radius 3 is 2.56 bits per heavy atom. The minimum absolute atomic E-state index is 0.0705. The van der Waals surface area contributed by atoms with E-state index in [1.165, 1.54) is 4.90 Å². The van der Waals surface area contributed by atoms with E-state index in [0.29, 0.717) is 18.1 Å². The number of quaternary nitrogens is 1. The average Bonchev–Trinajstić information content (AvgIpc) is 2.61. The van der Waals surface area contributed by atoms with Gasteiger partial charge in [-0.2, -0.15) is 0 Å². The number of rotatable bonds is 5. The molecule has 1 heterocycles. The molecule has 0 unspecified atom stereocenters. The highest BCUT2D eigenvalue weighted by Gasteiger charge is 2.23. The van der Waals surface area contributed by atoms with Crippen LogP contribution in [-0.4, -0.2) is 38.6 Å². The van der Waals surface area contributed by atoms with E-state index in [4.69, 9.17) is 23.2 Å². The Morgan fingerprint density at radius 2 is 1.84 bits per heavy atom. The molecule has 2 aromatic carbocycles. The van der Waals surface area contributed by atoms with Crippen molar-refractivity contribution in [3.05, 3.63) is 64.1 Å². The molecule has 0 spiro atoms. The summed E-state index contributed by atoms with van der Waals surface area (Å²) in [5.74, 6) is 0.0705. The number of anilines is 1. The molecule has 0 radical (unpaired) electrons. The summed E-state index contributed by atoms with van der Waals surface area (Å²) in [4.78, 5) is 15.8. The molecule has 1 aliphatic heterocycles. The first kappa shape index (κ1) is 18.1. The van der Waals surface area contributed by atoms with Crippen LogP contribution < -0.4 is 15.1 Å². The second kappa shape index (κ2) is 8.56. The van der Waals surface area contributed by atoms with Crippen molar-refractivity contribution < 1.29 is 9.69 Å². The highest BCUT2D eigenvalue weighted by molar-refractivity contribution is 6.33. The number of carbonyl (C=O) groups excluding carboxylic acids is 1. The number of piperazine rings is 1. The highest BCUT2D eigenvalue weighted by Crippen LogP contribution is 2.24. The predicted octanol–water partition coefficient (Wildman–Crippen LogP) is 2.01. The number of amides is 1. The van der Waals surface area contributed by atoms with Gasteiger partial charge in [0.2, 0.25) is 0 Å². The van der Waals surface area contributed by atoms with Crippen LogP contribution in [0.4, 0.5) is 5.69 Å². The minimum atomic E-state index is 0.0705. The van der Waals surface area contributed by atoms with Crippen molar-refractivity contribution in [1.29, 1.82) is 0 Å². The smallest absolute Gasteiger partial charge is 0.275 e. The lowest BCUT2D eigenvalue weighted by Crippen LogP contribution is -3.15. The molecular formula is C19H22Cl2N3O+. The Kier molecular flexibility index (Phi) is 6.19. The zero-order valence-corrected chi connectivity index (χ0v) is 15.5. The van der Waals surface area contributed by atoms with Crippen LogP contribution in [0.25, 0.3) is 0 Å². The van der Waals surface area contributed by atoms with Gasteiger partial charge in [0.1, 0.15) is 0 Å². The minimum Gasteiger partial charge on any atom is -0.359 e. The molecule has 0 aromatic heterocycles. The third kappa shape index (κ3) is 5.11. The SMILES string of the molecule is O=C(C[NH+]1CCN(c2ccccc2Cl)CC1)NCc1cccc(Cl)c1. The molecule has 0 atom stereocenters. The molecule has 1 fully saturated rings. The zero-order chi connectivity index (χ0) is 17.6. The fraction of sp³-hybridized carbons (Fsp3) is 0.316. The number of nitrogens with zero attached hydrogens (tertiary/aromatic N) is 1. The molecule has 0 aliphatic carbocycles. The molecule has 4 nitrogen and oxygen atoms in total. The first-order valence-corrected chi connectivity index (χ1v) is 9.21. The van der Waals surface area contributed by atoms with E-state index in [0.717, 1.165) is 42.5 Å². The van der Waals surface area contributed by atoms with Crippen molar-refractivity contribution in [3.63, 3.8) is 0 Å². The Morgan fingerprint density at radius 1 is 1.08 bits per heavy atom. The van der Waals surface area contributed by atoms with Gasteiger partial charge in [-0.05, 0) is 29.8 Å². The van der Waals surface area contributed by atoms with Crippen molar-refractivity contribution in [3.8, 4) is 0 Å². The lowest BCUT2D eigenvalue weighted by Gasteiger charge is -2.33. The normalized spacial score (nSPS) is 15.2. The molecule has 3 rings (SSSR count). The van der Waals surface area contributed by atoms with E-state index in [2.05, 4.69) is 10.2 Å².